The molecule has 0 amide bonds. The number of aromatic nitrogens is 1. The van der Waals surface area contributed by atoms with Gasteiger partial charge in [-0.25, -0.2) is 4.98 Å². The fraction of sp³-hybridized carbons (Fsp3) is 0.118. The number of hydrazone groups is 1. The highest BCUT2D eigenvalue weighted by Gasteiger charge is 2.05. The van der Waals surface area contributed by atoms with Gasteiger partial charge < -0.3 is 11.1 Å². The number of nitrogens with zero attached hydrogens (tertiary/aromatic N) is 2. The molecular weight excluding hydrogens is 338 g/mol. The van der Waals surface area contributed by atoms with Crippen LogP contribution in [-0.2, 0) is 0 Å². The molecule has 1 aromatic heterocycles. The lowest BCUT2D eigenvalue weighted by molar-refractivity contribution is 1.04. The second-order valence-electron chi connectivity index (χ2n) is 5.38. The van der Waals surface area contributed by atoms with E-state index in [1.54, 1.807) is 11.3 Å². The summed E-state index contributed by atoms with van der Waals surface area (Å²) in [6.07, 6.45) is 0. The molecule has 0 aliphatic heterocycles. The largest absolute Gasteiger partial charge is 0.399 e. The maximum absolute atomic E-state index is 5.68. The van der Waals surface area contributed by atoms with Crippen LogP contribution in [0.4, 0.5) is 10.8 Å². The summed E-state index contributed by atoms with van der Waals surface area (Å²) in [6.45, 7) is 3.97. The summed E-state index contributed by atoms with van der Waals surface area (Å²) in [5.41, 5.74) is 13.2. The fourth-order valence-corrected chi connectivity index (χ4v) is 3.31. The third-order valence-corrected chi connectivity index (χ3v) is 4.54. The van der Waals surface area contributed by atoms with Crippen molar-refractivity contribution >= 4 is 55.4 Å². The van der Waals surface area contributed by atoms with E-state index in [1.807, 2.05) is 43.3 Å². The molecule has 0 saturated heterocycles. The number of fused-ring (bicyclic) bond motifs is 1. The van der Waals surface area contributed by atoms with Gasteiger partial charge in [0.05, 0.1) is 15.9 Å². The number of nitrogens with two attached hydrogens (primary N) is 1. The predicted molar refractivity (Wildman–Crippen MR) is 107 cm³/mol. The minimum atomic E-state index is 0.403. The number of hydrogen-bond acceptors (Lipinski definition) is 5. The van der Waals surface area contributed by atoms with Crippen molar-refractivity contribution in [2.45, 2.75) is 13.8 Å². The quantitative estimate of drug-likeness (QED) is 0.288. The van der Waals surface area contributed by atoms with Gasteiger partial charge in [-0.15, -0.1) is 0 Å². The van der Waals surface area contributed by atoms with Crippen molar-refractivity contribution in [2.24, 2.45) is 5.10 Å². The first-order valence-corrected chi connectivity index (χ1v) is 8.58. The third-order valence-electron chi connectivity index (χ3n) is 3.42. The van der Waals surface area contributed by atoms with E-state index >= 15 is 0 Å². The SMILES string of the molecule is C/C(=N\NC(=S)Nc1nc2ccc(C)cc2s1)c1ccc(N)cc1. The fourth-order valence-electron chi connectivity index (χ4n) is 2.13. The molecule has 24 heavy (non-hydrogen) atoms. The summed E-state index contributed by atoms with van der Waals surface area (Å²) in [6, 6.07) is 13.7. The Morgan fingerprint density at radius 3 is 2.71 bits per heavy atom. The van der Waals surface area contributed by atoms with Crippen molar-refractivity contribution in [3.8, 4) is 0 Å². The molecule has 7 heteroatoms. The van der Waals surface area contributed by atoms with Crippen molar-refractivity contribution in [3.63, 3.8) is 0 Å². The average Bonchev–Trinajstić information content (AvgIpc) is 2.94. The van der Waals surface area contributed by atoms with Gasteiger partial charge >= 0.3 is 0 Å². The number of benzene rings is 2. The van der Waals surface area contributed by atoms with E-state index in [9.17, 15) is 0 Å². The molecule has 3 aromatic rings. The molecule has 0 spiro atoms. The Balaban J connectivity index is 1.66. The van der Waals surface area contributed by atoms with Crippen LogP contribution in [0.1, 0.15) is 18.1 Å². The Bertz CT molecular complexity index is 912. The Hall–Kier alpha value is -2.51. The smallest absolute Gasteiger partial charge is 0.193 e. The van der Waals surface area contributed by atoms with Gasteiger partial charge in [-0.3, -0.25) is 5.43 Å². The topological polar surface area (TPSA) is 75.3 Å². The second kappa shape index (κ2) is 6.94. The van der Waals surface area contributed by atoms with Crippen LogP contribution < -0.4 is 16.5 Å². The summed E-state index contributed by atoms with van der Waals surface area (Å²) < 4.78 is 1.13. The highest BCUT2D eigenvalue weighted by atomic mass is 32.1. The van der Waals surface area contributed by atoms with E-state index in [4.69, 9.17) is 18.0 Å². The van der Waals surface area contributed by atoms with Crippen LogP contribution in [0, 0.1) is 6.92 Å². The molecule has 0 bridgehead atoms. The normalized spacial score (nSPS) is 11.5. The predicted octanol–water partition coefficient (Wildman–Crippen LogP) is 3.90. The van der Waals surface area contributed by atoms with E-state index in [0.717, 1.165) is 32.3 Å². The summed E-state index contributed by atoms with van der Waals surface area (Å²) >= 11 is 6.83. The maximum Gasteiger partial charge on any atom is 0.193 e. The molecular formula is C17H17N5S2. The van der Waals surface area contributed by atoms with Gasteiger partial charge in [-0.1, -0.05) is 29.5 Å². The minimum Gasteiger partial charge on any atom is -0.399 e. The Labute approximate surface area is 149 Å². The van der Waals surface area contributed by atoms with Crippen LogP contribution in [0.3, 0.4) is 0 Å². The van der Waals surface area contributed by atoms with Gasteiger partial charge in [-0.2, -0.15) is 5.10 Å². The lowest BCUT2D eigenvalue weighted by atomic mass is 10.1. The van der Waals surface area contributed by atoms with Crippen molar-refractivity contribution in [3.05, 3.63) is 53.6 Å². The van der Waals surface area contributed by atoms with Gasteiger partial charge in [0.25, 0.3) is 0 Å². The summed E-state index contributed by atoms with van der Waals surface area (Å²) in [7, 11) is 0. The Morgan fingerprint density at radius 2 is 1.96 bits per heavy atom. The maximum atomic E-state index is 5.68. The van der Waals surface area contributed by atoms with E-state index in [2.05, 4.69) is 33.8 Å². The molecule has 122 valence electrons. The van der Waals surface area contributed by atoms with E-state index in [1.165, 1.54) is 5.56 Å². The zero-order valence-corrected chi connectivity index (χ0v) is 15.0. The van der Waals surface area contributed by atoms with Crippen LogP contribution in [0.25, 0.3) is 10.2 Å². The second-order valence-corrected chi connectivity index (χ2v) is 6.81. The molecule has 1 heterocycles. The Kier molecular flexibility index (Phi) is 4.73. The van der Waals surface area contributed by atoms with Crippen LogP contribution in [-0.4, -0.2) is 15.8 Å². The molecule has 0 unspecified atom stereocenters. The Morgan fingerprint density at radius 1 is 1.21 bits per heavy atom. The zero-order valence-electron chi connectivity index (χ0n) is 13.3. The first kappa shape index (κ1) is 16.4. The lowest BCUT2D eigenvalue weighted by Crippen LogP contribution is -2.24. The van der Waals surface area contributed by atoms with Gasteiger partial charge in [0.15, 0.2) is 10.2 Å². The molecule has 0 radical (unpaired) electrons. The number of nitrogens with one attached hydrogen (secondary N) is 2. The third kappa shape index (κ3) is 3.87. The van der Waals surface area contributed by atoms with Crippen LogP contribution >= 0.6 is 23.6 Å². The highest BCUT2D eigenvalue weighted by molar-refractivity contribution is 7.80. The molecule has 3 rings (SSSR count). The van der Waals surface area contributed by atoms with E-state index < -0.39 is 0 Å². The van der Waals surface area contributed by atoms with Crippen LogP contribution in [0.2, 0.25) is 0 Å². The van der Waals surface area contributed by atoms with Crippen molar-refractivity contribution < 1.29 is 0 Å². The minimum absolute atomic E-state index is 0.403. The number of hydrogen-bond donors (Lipinski definition) is 3. The molecule has 4 N–H and O–H groups in total. The average molecular weight is 355 g/mol. The van der Waals surface area contributed by atoms with Gasteiger partial charge in [0.1, 0.15) is 0 Å². The van der Waals surface area contributed by atoms with Crippen molar-refractivity contribution in [1.29, 1.82) is 0 Å². The van der Waals surface area contributed by atoms with E-state index in [-0.39, 0.29) is 0 Å². The van der Waals surface area contributed by atoms with Crippen molar-refractivity contribution in [1.82, 2.24) is 10.4 Å². The zero-order chi connectivity index (χ0) is 17.1. The van der Waals surface area contributed by atoms with Crippen molar-refractivity contribution in [2.75, 3.05) is 11.1 Å². The highest BCUT2D eigenvalue weighted by Crippen LogP contribution is 2.26. The molecule has 0 saturated carbocycles. The lowest BCUT2D eigenvalue weighted by Gasteiger charge is -2.05. The monoisotopic (exact) mass is 355 g/mol. The summed E-state index contributed by atoms with van der Waals surface area (Å²) in [5, 5.41) is 8.50. The number of thiocarbonyl (C=S) groups is 1. The van der Waals surface area contributed by atoms with Crippen LogP contribution in [0.5, 0.6) is 0 Å². The molecule has 0 atom stereocenters. The first-order chi connectivity index (χ1) is 11.5. The number of anilines is 2. The van der Waals surface area contributed by atoms with Gasteiger partial charge in [0.2, 0.25) is 0 Å². The molecule has 0 aliphatic rings. The van der Waals surface area contributed by atoms with Gasteiger partial charge in [0, 0.05) is 5.69 Å². The van der Waals surface area contributed by atoms with Gasteiger partial charge in [-0.05, 0) is 61.5 Å². The number of nitrogen functional groups attached to an aromatic ring is 1. The summed E-state index contributed by atoms with van der Waals surface area (Å²) in [5.74, 6) is 0. The molecule has 0 aliphatic carbocycles. The molecule has 0 fully saturated rings. The van der Waals surface area contributed by atoms with E-state index in [0.29, 0.717) is 5.11 Å². The molecule has 2 aromatic carbocycles. The first-order valence-electron chi connectivity index (χ1n) is 7.35. The summed E-state index contributed by atoms with van der Waals surface area (Å²) in [4.78, 5) is 4.51. The van der Waals surface area contributed by atoms with Crippen LogP contribution in [0.15, 0.2) is 47.6 Å². The molecule has 5 nitrogen and oxygen atoms in total. The number of rotatable bonds is 3. The number of aryl methyl sites for hydroxylation is 1. The standard InChI is InChI=1S/C17H17N5S2/c1-10-3-8-14-15(9-10)24-17(19-14)20-16(23)22-21-11(2)12-4-6-13(18)7-5-12/h3-9H,18H2,1-2H3,(H2,19,20,22,23)/b21-11+. The number of thiazole rings is 1.